The fourth-order valence-electron chi connectivity index (χ4n) is 3.85. The molecule has 0 spiro atoms. The number of hydrogen-bond acceptors (Lipinski definition) is 4. The molecule has 0 bridgehead atoms. The Kier molecular flexibility index (Phi) is 5.29. The van der Waals surface area contributed by atoms with Gasteiger partial charge in [-0.1, -0.05) is 49.4 Å². The number of benzene rings is 2. The van der Waals surface area contributed by atoms with Gasteiger partial charge in [0, 0.05) is 12.1 Å². The van der Waals surface area contributed by atoms with Crippen LogP contribution >= 0.6 is 0 Å². The van der Waals surface area contributed by atoms with E-state index in [0.717, 1.165) is 22.0 Å². The predicted molar refractivity (Wildman–Crippen MR) is 121 cm³/mol. The van der Waals surface area contributed by atoms with Gasteiger partial charge in [0.15, 0.2) is 5.65 Å². The number of carbonyl (C=O) groups excluding carboxylic acids is 1. The van der Waals surface area contributed by atoms with Crippen molar-refractivity contribution in [2.75, 3.05) is 5.32 Å². The molecular formula is C24H20F2N6O. The van der Waals surface area contributed by atoms with E-state index in [9.17, 15) is 13.6 Å². The molecule has 0 atom stereocenters. The zero-order chi connectivity index (χ0) is 22.9. The molecule has 9 heteroatoms. The van der Waals surface area contributed by atoms with Gasteiger partial charge >= 0.3 is 0 Å². The van der Waals surface area contributed by atoms with Crippen molar-refractivity contribution < 1.29 is 13.6 Å². The molecule has 1 N–H and O–H groups in total. The summed E-state index contributed by atoms with van der Waals surface area (Å²) in [6.45, 7) is 2.70. The summed E-state index contributed by atoms with van der Waals surface area (Å²) in [6, 6.07) is 17.9. The van der Waals surface area contributed by atoms with Crippen LogP contribution in [0.15, 0.2) is 66.9 Å². The van der Waals surface area contributed by atoms with Crippen LogP contribution in [0.1, 0.15) is 35.8 Å². The van der Waals surface area contributed by atoms with Gasteiger partial charge in [-0.25, -0.2) is 23.3 Å². The number of amides is 1. The van der Waals surface area contributed by atoms with Gasteiger partial charge in [-0.15, -0.1) is 0 Å². The maximum atomic E-state index is 13.8. The Hall–Kier alpha value is -4.14. The first kappa shape index (κ1) is 20.7. The number of anilines is 1. The van der Waals surface area contributed by atoms with Crippen LogP contribution in [0.4, 0.5) is 14.7 Å². The first-order valence-corrected chi connectivity index (χ1v) is 10.6. The number of aryl methyl sites for hydroxylation is 1. The number of nitrogens with one attached hydrogen (secondary N) is 1. The zero-order valence-electron chi connectivity index (χ0n) is 17.7. The average molecular weight is 446 g/mol. The first-order valence-electron chi connectivity index (χ1n) is 10.6. The van der Waals surface area contributed by atoms with Crippen molar-refractivity contribution in [2.24, 2.45) is 0 Å². The number of para-hydroxylation sites is 2. The maximum Gasteiger partial charge on any atom is 0.280 e. The highest BCUT2D eigenvalue weighted by molar-refractivity contribution is 6.08. The third kappa shape index (κ3) is 3.71. The van der Waals surface area contributed by atoms with Crippen molar-refractivity contribution in [1.82, 2.24) is 24.1 Å². The number of aromatic nitrogens is 5. The minimum absolute atomic E-state index is 0.0577. The SMILES string of the molecule is CCCn1c(NC(=O)c2cnn3c(C(F)F)cc(-c4ccccc4)nc23)nc2ccccc21. The number of hydrogen-bond donors (Lipinski definition) is 1. The van der Waals surface area contributed by atoms with Crippen LogP contribution in [0.3, 0.4) is 0 Å². The lowest BCUT2D eigenvalue weighted by Crippen LogP contribution is -2.16. The highest BCUT2D eigenvalue weighted by Crippen LogP contribution is 2.27. The number of rotatable bonds is 6. The van der Waals surface area contributed by atoms with E-state index in [1.54, 1.807) is 24.3 Å². The topological polar surface area (TPSA) is 77.1 Å². The molecular weight excluding hydrogens is 426 g/mol. The zero-order valence-corrected chi connectivity index (χ0v) is 17.7. The molecule has 3 heterocycles. The van der Waals surface area contributed by atoms with E-state index in [-0.39, 0.29) is 16.9 Å². The van der Waals surface area contributed by atoms with Crippen LogP contribution in [-0.4, -0.2) is 30.1 Å². The number of alkyl halides is 2. The fraction of sp³-hybridized carbons (Fsp3) is 0.167. The molecule has 1 amide bonds. The standard InChI is InChI=1S/C24H20F2N6O/c1-2-12-31-19-11-7-6-10-17(19)29-24(31)30-23(33)16-14-27-32-20(21(25)26)13-18(28-22(16)32)15-8-4-3-5-9-15/h3-11,13-14,21H,2,12H2,1H3,(H,29,30,33). The molecule has 0 aliphatic rings. The Balaban J connectivity index is 1.59. The molecule has 0 aliphatic heterocycles. The largest absolute Gasteiger partial charge is 0.310 e. The van der Waals surface area contributed by atoms with E-state index in [2.05, 4.69) is 20.4 Å². The highest BCUT2D eigenvalue weighted by Gasteiger charge is 2.23. The van der Waals surface area contributed by atoms with Crippen molar-refractivity contribution >= 4 is 28.5 Å². The fourth-order valence-corrected chi connectivity index (χ4v) is 3.85. The molecule has 5 rings (SSSR count). The summed E-state index contributed by atoms with van der Waals surface area (Å²) in [6.07, 6.45) is -0.687. The number of imidazole rings is 1. The second-order valence-corrected chi connectivity index (χ2v) is 7.56. The van der Waals surface area contributed by atoms with E-state index in [4.69, 9.17) is 0 Å². The lowest BCUT2D eigenvalue weighted by Gasteiger charge is -2.10. The van der Waals surface area contributed by atoms with E-state index in [1.807, 2.05) is 41.8 Å². The summed E-state index contributed by atoms with van der Waals surface area (Å²) in [7, 11) is 0. The molecule has 7 nitrogen and oxygen atoms in total. The summed E-state index contributed by atoms with van der Waals surface area (Å²) >= 11 is 0. The molecule has 33 heavy (non-hydrogen) atoms. The Morgan fingerprint density at radius 1 is 1.06 bits per heavy atom. The van der Waals surface area contributed by atoms with Gasteiger partial charge in [0.25, 0.3) is 12.3 Å². The van der Waals surface area contributed by atoms with Crippen LogP contribution in [0.25, 0.3) is 27.9 Å². The lowest BCUT2D eigenvalue weighted by atomic mass is 10.1. The monoisotopic (exact) mass is 446 g/mol. The van der Waals surface area contributed by atoms with E-state index in [0.29, 0.717) is 23.8 Å². The molecule has 2 aromatic carbocycles. The number of carbonyl (C=O) groups is 1. The van der Waals surface area contributed by atoms with Gasteiger partial charge in [-0.2, -0.15) is 5.10 Å². The maximum absolute atomic E-state index is 13.8. The molecule has 5 aromatic rings. The summed E-state index contributed by atoms with van der Waals surface area (Å²) in [5.74, 6) is -0.133. The van der Waals surface area contributed by atoms with Crippen molar-refractivity contribution in [3.8, 4) is 11.3 Å². The van der Waals surface area contributed by atoms with Gasteiger partial charge in [0.2, 0.25) is 5.95 Å². The second-order valence-electron chi connectivity index (χ2n) is 7.56. The molecule has 0 fully saturated rings. The molecule has 166 valence electrons. The van der Waals surface area contributed by atoms with Crippen LogP contribution in [0, 0.1) is 0 Å². The Labute approximate surface area is 187 Å². The number of fused-ring (bicyclic) bond motifs is 2. The van der Waals surface area contributed by atoms with Crippen LogP contribution in [0.5, 0.6) is 0 Å². The Bertz CT molecular complexity index is 1460. The molecule has 0 saturated carbocycles. The molecule has 0 radical (unpaired) electrons. The normalized spacial score (nSPS) is 11.5. The van der Waals surface area contributed by atoms with E-state index >= 15 is 0 Å². The van der Waals surface area contributed by atoms with Gasteiger partial charge in [-0.05, 0) is 24.6 Å². The summed E-state index contributed by atoms with van der Waals surface area (Å²) < 4.78 is 30.5. The minimum atomic E-state index is -2.79. The molecule has 0 saturated heterocycles. The van der Waals surface area contributed by atoms with Crippen LogP contribution in [0.2, 0.25) is 0 Å². The highest BCUT2D eigenvalue weighted by atomic mass is 19.3. The first-order chi connectivity index (χ1) is 16.1. The van der Waals surface area contributed by atoms with Crippen LogP contribution < -0.4 is 5.32 Å². The molecule has 0 unspecified atom stereocenters. The quantitative estimate of drug-likeness (QED) is 0.382. The average Bonchev–Trinajstić information content (AvgIpc) is 3.41. The van der Waals surface area contributed by atoms with Crippen LogP contribution in [-0.2, 0) is 6.54 Å². The summed E-state index contributed by atoms with van der Waals surface area (Å²) in [5.41, 5.74) is 2.47. The smallest absolute Gasteiger partial charge is 0.280 e. The molecule has 3 aromatic heterocycles. The summed E-state index contributed by atoms with van der Waals surface area (Å²) in [5, 5.41) is 6.84. The number of nitrogens with zero attached hydrogens (tertiary/aromatic N) is 5. The third-order valence-corrected chi connectivity index (χ3v) is 5.36. The Morgan fingerprint density at radius 3 is 2.58 bits per heavy atom. The van der Waals surface area contributed by atoms with Crippen molar-refractivity contribution in [1.29, 1.82) is 0 Å². The van der Waals surface area contributed by atoms with Crippen molar-refractivity contribution in [2.45, 2.75) is 26.3 Å². The van der Waals surface area contributed by atoms with Gasteiger partial charge < -0.3 is 4.57 Å². The van der Waals surface area contributed by atoms with Gasteiger partial charge in [0.05, 0.1) is 22.9 Å². The predicted octanol–water partition coefficient (Wildman–Crippen LogP) is 5.35. The van der Waals surface area contributed by atoms with E-state index in [1.165, 1.54) is 12.3 Å². The lowest BCUT2D eigenvalue weighted by molar-refractivity contribution is 0.102. The molecule has 0 aliphatic carbocycles. The Morgan fingerprint density at radius 2 is 1.82 bits per heavy atom. The minimum Gasteiger partial charge on any atom is -0.310 e. The van der Waals surface area contributed by atoms with Gasteiger partial charge in [0.1, 0.15) is 11.3 Å². The third-order valence-electron chi connectivity index (χ3n) is 5.36. The second kappa shape index (κ2) is 8.42. The summed E-state index contributed by atoms with van der Waals surface area (Å²) in [4.78, 5) is 22.2. The van der Waals surface area contributed by atoms with E-state index < -0.39 is 12.3 Å². The number of halogens is 2. The van der Waals surface area contributed by atoms with Crippen molar-refractivity contribution in [3.63, 3.8) is 0 Å². The van der Waals surface area contributed by atoms with Crippen molar-refractivity contribution in [3.05, 3.63) is 78.1 Å². The van der Waals surface area contributed by atoms with Gasteiger partial charge in [-0.3, -0.25) is 10.1 Å².